The SMILES string of the molecule is O=C1CCN(c2cccc3c2ccn3C[C@@H]2CNCCO2)C(=O)N1. The van der Waals surface area contributed by atoms with Crippen molar-refractivity contribution in [3.63, 3.8) is 0 Å². The minimum atomic E-state index is -0.355. The highest BCUT2D eigenvalue weighted by Crippen LogP contribution is 2.29. The first kappa shape index (κ1) is 15.2. The Morgan fingerprint density at radius 2 is 2.17 bits per heavy atom. The molecule has 24 heavy (non-hydrogen) atoms. The summed E-state index contributed by atoms with van der Waals surface area (Å²) in [5.74, 6) is -0.219. The molecule has 7 nitrogen and oxygen atoms in total. The molecule has 3 amide bonds. The van der Waals surface area contributed by atoms with Gasteiger partial charge in [-0.25, -0.2) is 4.79 Å². The van der Waals surface area contributed by atoms with Crippen LogP contribution in [0.25, 0.3) is 10.9 Å². The van der Waals surface area contributed by atoms with Gasteiger partial charge in [-0.3, -0.25) is 15.0 Å². The number of benzene rings is 1. The number of fused-ring (bicyclic) bond motifs is 1. The van der Waals surface area contributed by atoms with Gasteiger partial charge in [0.05, 0.1) is 30.5 Å². The highest BCUT2D eigenvalue weighted by molar-refractivity contribution is 6.09. The standard InChI is InChI=1S/C17H20N4O3/c22-16-5-8-21(17(23)19-16)15-3-1-2-14-13(15)4-7-20(14)11-12-10-18-6-9-24-12/h1-4,7,12,18H,5-6,8-11H2,(H,19,22,23)/t12-/m0/s1. The number of hydrogen-bond donors (Lipinski definition) is 2. The molecule has 2 N–H and O–H groups in total. The lowest BCUT2D eigenvalue weighted by Gasteiger charge is -2.27. The first-order valence-electron chi connectivity index (χ1n) is 8.24. The van der Waals surface area contributed by atoms with Gasteiger partial charge in [0.15, 0.2) is 0 Å². The Bertz CT molecular complexity index is 779. The van der Waals surface area contributed by atoms with Gasteiger partial charge in [-0.15, -0.1) is 0 Å². The van der Waals surface area contributed by atoms with E-state index in [9.17, 15) is 9.59 Å². The second kappa shape index (κ2) is 6.26. The molecule has 0 aliphatic carbocycles. The number of carbonyl (C=O) groups excluding carboxylic acids is 2. The molecule has 0 spiro atoms. The quantitative estimate of drug-likeness (QED) is 0.884. The Hall–Kier alpha value is -2.38. The van der Waals surface area contributed by atoms with E-state index in [1.807, 2.05) is 30.5 Å². The van der Waals surface area contributed by atoms with Gasteiger partial charge in [0, 0.05) is 37.6 Å². The van der Waals surface area contributed by atoms with Crippen LogP contribution in [0, 0.1) is 0 Å². The number of imide groups is 1. The van der Waals surface area contributed by atoms with Gasteiger partial charge >= 0.3 is 6.03 Å². The topological polar surface area (TPSA) is 75.6 Å². The van der Waals surface area contributed by atoms with Crippen molar-refractivity contribution in [3.05, 3.63) is 30.5 Å². The van der Waals surface area contributed by atoms with Gasteiger partial charge in [-0.05, 0) is 18.2 Å². The smallest absolute Gasteiger partial charge is 0.328 e. The maximum atomic E-state index is 12.1. The summed E-state index contributed by atoms with van der Waals surface area (Å²) >= 11 is 0. The predicted molar refractivity (Wildman–Crippen MR) is 90.0 cm³/mol. The highest BCUT2D eigenvalue weighted by Gasteiger charge is 2.26. The summed E-state index contributed by atoms with van der Waals surface area (Å²) in [4.78, 5) is 25.1. The van der Waals surface area contributed by atoms with Crippen molar-refractivity contribution in [1.82, 2.24) is 15.2 Å². The van der Waals surface area contributed by atoms with E-state index in [-0.39, 0.29) is 18.0 Å². The third-order valence-corrected chi connectivity index (χ3v) is 4.54. The van der Waals surface area contributed by atoms with Crippen LogP contribution in [0.15, 0.2) is 30.5 Å². The molecule has 7 heteroatoms. The fourth-order valence-electron chi connectivity index (χ4n) is 3.35. The molecule has 3 heterocycles. The number of carbonyl (C=O) groups is 2. The van der Waals surface area contributed by atoms with Crippen molar-refractivity contribution in [1.29, 1.82) is 0 Å². The molecule has 126 valence electrons. The minimum absolute atomic E-state index is 0.147. The Labute approximate surface area is 139 Å². The minimum Gasteiger partial charge on any atom is -0.374 e. The molecule has 2 saturated heterocycles. The van der Waals surface area contributed by atoms with E-state index in [0.717, 1.165) is 42.8 Å². The molecule has 2 fully saturated rings. The number of urea groups is 1. The number of morpholine rings is 1. The molecule has 1 atom stereocenters. The predicted octanol–water partition coefficient (Wildman–Crippen LogP) is 1.08. The molecule has 2 aliphatic rings. The van der Waals surface area contributed by atoms with E-state index < -0.39 is 0 Å². The maximum absolute atomic E-state index is 12.1. The van der Waals surface area contributed by atoms with E-state index in [1.165, 1.54) is 0 Å². The number of amides is 3. The van der Waals surface area contributed by atoms with Crippen molar-refractivity contribution in [2.45, 2.75) is 19.1 Å². The molecule has 0 bridgehead atoms. The Kier molecular flexibility index (Phi) is 3.95. The lowest BCUT2D eigenvalue weighted by atomic mass is 10.1. The average molecular weight is 328 g/mol. The molecule has 2 aliphatic heterocycles. The zero-order valence-corrected chi connectivity index (χ0v) is 13.3. The average Bonchev–Trinajstić information content (AvgIpc) is 2.99. The van der Waals surface area contributed by atoms with Crippen LogP contribution in [-0.4, -0.2) is 48.9 Å². The fourth-order valence-corrected chi connectivity index (χ4v) is 3.35. The number of nitrogens with one attached hydrogen (secondary N) is 2. The highest BCUT2D eigenvalue weighted by atomic mass is 16.5. The normalized spacial score (nSPS) is 22.0. The second-order valence-electron chi connectivity index (χ2n) is 6.13. The summed E-state index contributed by atoms with van der Waals surface area (Å²) in [5, 5.41) is 6.72. The van der Waals surface area contributed by atoms with E-state index >= 15 is 0 Å². The lowest BCUT2D eigenvalue weighted by Crippen LogP contribution is -2.49. The first-order valence-corrected chi connectivity index (χ1v) is 8.24. The summed E-state index contributed by atoms with van der Waals surface area (Å²) in [5.41, 5.74) is 1.89. The molecule has 0 radical (unpaired) electrons. The molecule has 2 aromatic rings. The molecule has 1 aromatic heterocycles. The number of ether oxygens (including phenoxy) is 1. The fraction of sp³-hybridized carbons (Fsp3) is 0.412. The molecule has 1 aromatic carbocycles. The third-order valence-electron chi connectivity index (χ3n) is 4.54. The second-order valence-corrected chi connectivity index (χ2v) is 6.13. The summed E-state index contributed by atoms with van der Waals surface area (Å²) in [7, 11) is 0. The van der Waals surface area contributed by atoms with E-state index in [4.69, 9.17) is 4.74 Å². The van der Waals surface area contributed by atoms with Gasteiger partial charge in [-0.2, -0.15) is 0 Å². The number of rotatable bonds is 3. The lowest BCUT2D eigenvalue weighted by molar-refractivity contribution is -0.120. The maximum Gasteiger partial charge on any atom is 0.328 e. The number of aromatic nitrogens is 1. The van der Waals surface area contributed by atoms with Gasteiger partial charge in [-0.1, -0.05) is 6.07 Å². The Morgan fingerprint density at radius 3 is 2.96 bits per heavy atom. The zero-order chi connectivity index (χ0) is 16.5. The van der Waals surface area contributed by atoms with Crippen LogP contribution in [0.5, 0.6) is 0 Å². The molecule has 0 saturated carbocycles. The van der Waals surface area contributed by atoms with Gasteiger partial charge in [0.1, 0.15) is 0 Å². The summed E-state index contributed by atoms with van der Waals surface area (Å²) < 4.78 is 7.94. The van der Waals surface area contributed by atoms with Crippen LogP contribution in [0.3, 0.4) is 0 Å². The number of anilines is 1. The first-order chi connectivity index (χ1) is 11.7. The van der Waals surface area contributed by atoms with E-state index in [0.29, 0.717) is 13.0 Å². The summed E-state index contributed by atoms with van der Waals surface area (Å²) in [6.07, 6.45) is 2.50. The van der Waals surface area contributed by atoms with Crippen LogP contribution in [0.4, 0.5) is 10.5 Å². The summed E-state index contributed by atoms with van der Waals surface area (Å²) in [6.45, 7) is 3.65. The van der Waals surface area contributed by atoms with E-state index in [1.54, 1.807) is 4.90 Å². The van der Waals surface area contributed by atoms with Gasteiger partial charge in [0.25, 0.3) is 0 Å². The molecule has 4 rings (SSSR count). The zero-order valence-electron chi connectivity index (χ0n) is 13.3. The van der Waals surface area contributed by atoms with Crippen LogP contribution in [0.1, 0.15) is 6.42 Å². The van der Waals surface area contributed by atoms with Crippen LogP contribution in [-0.2, 0) is 16.1 Å². The molecular weight excluding hydrogens is 308 g/mol. The van der Waals surface area contributed by atoms with Gasteiger partial charge < -0.3 is 14.6 Å². The van der Waals surface area contributed by atoms with Gasteiger partial charge in [0.2, 0.25) is 5.91 Å². The number of hydrogen-bond acceptors (Lipinski definition) is 4. The Balaban J connectivity index is 1.63. The van der Waals surface area contributed by atoms with Crippen molar-refractivity contribution in [3.8, 4) is 0 Å². The largest absolute Gasteiger partial charge is 0.374 e. The monoisotopic (exact) mass is 328 g/mol. The Morgan fingerprint density at radius 1 is 1.25 bits per heavy atom. The van der Waals surface area contributed by atoms with Crippen LogP contribution < -0.4 is 15.5 Å². The third kappa shape index (κ3) is 2.76. The van der Waals surface area contributed by atoms with Crippen LogP contribution >= 0.6 is 0 Å². The van der Waals surface area contributed by atoms with Crippen molar-refractivity contribution < 1.29 is 14.3 Å². The van der Waals surface area contributed by atoms with Crippen LogP contribution in [0.2, 0.25) is 0 Å². The van der Waals surface area contributed by atoms with E-state index in [2.05, 4.69) is 15.2 Å². The van der Waals surface area contributed by atoms with Crippen molar-refractivity contribution in [2.24, 2.45) is 0 Å². The summed E-state index contributed by atoms with van der Waals surface area (Å²) in [6, 6.07) is 7.57. The van der Waals surface area contributed by atoms with Crippen molar-refractivity contribution >= 4 is 28.5 Å². The van der Waals surface area contributed by atoms with Crippen molar-refractivity contribution in [2.75, 3.05) is 31.1 Å². The molecule has 0 unspecified atom stereocenters. The molecular formula is C17H20N4O3. The number of nitrogens with zero attached hydrogens (tertiary/aromatic N) is 2.